The third-order valence-electron chi connectivity index (χ3n) is 1.93. The molecule has 0 bridgehead atoms. The minimum absolute atomic E-state index is 0.108. The van der Waals surface area contributed by atoms with Crippen molar-refractivity contribution in [3.05, 3.63) is 0 Å². The summed E-state index contributed by atoms with van der Waals surface area (Å²) in [5.41, 5.74) is -0.108. The van der Waals surface area contributed by atoms with Crippen molar-refractivity contribution in [2.24, 2.45) is 5.41 Å². The van der Waals surface area contributed by atoms with Gasteiger partial charge in [0.25, 0.3) is 0 Å². The van der Waals surface area contributed by atoms with E-state index in [1.165, 1.54) is 0 Å². The summed E-state index contributed by atoms with van der Waals surface area (Å²) in [4.78, 5) is 0. The van der Waals surface area contributed by atoms with Gasteiger partial charge >= 0.3 is 0 Å². The Bertz CT molecular complexity index is 85.3. The van der Waals surface area contributed by atoms with E-state index in [0.29, 0.717) is 0 Å². The van der Waals surface area contributed by atoms with Crippen LogP contribution in [0, 0.1) is 5.41 Å². The van der Waals surface area contributed by atoms with Gasteiger partial charge in [-0.05, 0) is 6.42 Å². The molecule has 1 unspecified atom stereocenters. The van der Waals surface area contributed by atoms with Crippen molar-refractivity contribution >= 4 is 0 Å². The van der Waals surface area contributed by atoms with Crippen LogP contribution in [0.4, 0.5) is 0 Å². The maximum atomic E-state index is 8.95. The van der Waals surface area contributed by atoms with Gasteiger partial charge in [-0.15, -0.1) is 0 Å². The van der Waals surface area contributed by atoms with Crippen molar-refractivity contribution in [1.29, 1.82) is 0 Å². The topological polar surface area (TPSA) is 29.5 Å². The van der Waals surface area contributed by atoms with Gasteiger partial charge in [-0.2, -0.15) is 0 Å². The van der Waals surface area contributed by atoms with Crippen molar-refractivity contribution in [2.75, 3.05) is 13.7 Å². The van der Waals surface area contributed by atoms with Gasteiger partial charge in [-0.3, -0.25) is 0 Å². The highest BCUT2D eigenvalue weighted by molar-refractivity contribution is 4.76. The molecule has 1 N–H and O–H groups in total. The van der Waals surface area contributed by atoms with Crippen LogP contribution in [0.15, 0.2) is 0 Å². The SMILES string of the molecule is CCC(OC)C(C)(C)CO. The zero-order valence-electron chi connectivity index (χ0n) is 7.35. The van der Waals surface area contributed by atoms with Gasteiger partial charge in [0.05, 0.1) is 12.7 Å². The van der Waals surface area contributed by atoms with Gasteiger partial charge < -0.3 is 9.84 Å². The van der Waals surface area contributed by atoms with Gasteiger partial charge in [-0.25, -0.2) is 0 Å². The summed E-state index contributed by atoms with van der Waals surface area (Å²) in [7, 11) is 1.69. The van der Waals surface area contributed by atoms with Gasteiger partial charge in [0.15, 0.2) is 0 Å². The monoisotopic (exact) mass is 146 g/mol. The maximum Gasteiger partial charge on any atom is 0.0641 e. The quantitative estimate of drug-likeness (QED) is 0.650. The molecule has 1 atom stereocenters. The minimum atomic E-state index is -0.108. The molecule has 0 fully saturated rings. The van der Waals surface area contributed by atoms with Gasteiger partial charge in [0.2, 0.25) is 0 Å². The van der Waals surface area contributed by atoms with Crippen molar-refractivity contribution in [3.63, 3.8) is 0 Å². The number of methoxy groups -OCH3 is 1. The zero-order valence-corrected chi connectivity index (χ0v) is 7.35. The smallest absolute Gasteiger partial charge is 0.0641 e. The number of ether oxygens (including phenoxy) is 1. The van der Waals surface area contributed by atoms with E-state index in [9.17, 15) is 0 Å². The minimum Gasteiger partial charge on any atom is -0.396 e. The zero-order chi connectivity index (χ0) is 8.20. The molecule has 0 saturated heterocycles. The van der Waals surface area contributed by atoms with Crippen LogP contribution in [0.25, 0.3) is 0 Å². The van der Waals surface area contributed by atoms with E-state index in [-0.39, 0.29) is 18.1 Å². The first-order valence-corrected chi connectivity index (χ1v) is 3.72. The van der Waals surface area contributed by atoms with Crippen LogP contribution < -0.4 is 0 Å². The van der Waals surface area contributed by atoms with E-state index >= 15 is 0 Å². The van der Waals surface area contributed by atoms with Gasteiger partial charge in [-0.1, -0.05) is 20.8 Å². The first-order chi connectivity index (χ1) is 4.58. The number of hydrogen-bond donors (Lipinski definition) is 1. The lowest BCUT2D eigenvalue weighted by Crippen LogP contribution is -2.33. The van der Waals surface area contributed by atoms with E-state index in [1.54, 1.807) is 7.11 Å². The summed E-state index contributed by atoms with van der Waals surface area (Å²) in [6.07, 6.45) is 1.11. The van der Waals surface area contributed by atoms with Crippen LogP contribution in [0.3, 0.4) is 0 Å². The summed E-state index contributed by atoms with van der Waals surface area (Å²) in [5.74, 6) is 0. The second-order valence-electron chi connectivity index (χ2n) is 3.28. The summed E-state index contributed by atoms with van der Waals surface area (Å²) >= 11 is 0. The van der Waals surface area contributed by atoms with Crippen LogP contribution in [0.2, 0.25) is 0 Å². The standard InChI is InChI=1S/C8H18O2/c1-5-7(10-4)8(2,3)6-9/h7,9H,5-6H2,1-4H3. The summed E-state index contributed by atoms with van der Waals surface area (Å²) in [6.45, 7) is 6.25. The highest BCUT2D eigenvalue weighted by Crippen LogP contribution is 2.23. The van der Waals surface area contributed by atoms with E-state index in [0.717, 1.165) is 6.42 Å². The maximum absolute atomic E-state index is 8.95. The Kier molecular flexibility index (Phi) is 3.91. The van der Waals surface area contributed by atoms with E-state index in [2.05, 4.69) is 6.92 Å². The molecule has 0 aliphatic heterocycles. The first kappa shape index (κ1) is 9.92. The molecule has 0 aromatic rings. The summed E-state index contributed by atoms with van der Waals surface area (Å²) < 4.78 is 5.20. The molecule has 0 radical (unpaired) electrons. The molecule has 0 aliphatic rings. The molecule has 0 spiro atoms. The Labute approximate surface area is 63.2 Å². The Balaban J connectivity index is 3.97. The second-order valence-corrected chi connectivity index (χ2v) is 3.28. The van der Waals surface area contributed by atoms with Crippen LogP contribution >= 0.6 is 0 Å². The molecule has 62 valence electrons. The molecule has 2 nitrogen and oxygen atoms in total. The Morgan fingerprint density at radius 2 is 2.00 bits per heavy atom. The van der Waals surface area contributed by atoms with Crippen molar-refractivity contribution in [1.82, 2.24) is 0 Å². The van der Waals surface area contributed by atoms with Gasteiger partial charge in [0.1, 0.15) is 0 Å². The first-order valence-electron chi connectivity index (χ1n) is 3.72. The van der Waals surface area contributed by atoms with Crippen LogP contribution in [0.1, 0.15) is 27.2 Å². The van der Waals surface area contributed by atoms with Crippen LogP contribution in [0.5, 0.6) is 0 Å². The number of hydrogen-bond acceptors (Lipinski definition) is 2. The fourth-order valence-electron chi connectivity index (χ4n) is 1.14. The molecule has 0 aromatic heterocycles. The molecular weight excluding hydrogens is 128 g/mol. The average molecular weight is 146 g/mol. The summed E-state index contributed by atoms with van der Waals surface area (Å²) in [5, 5.41) is 8.95. The highest BCUT2D eigenvalue weighted by atomic mass is 16.5. The van der Waals surface area contributed by atoms with Crippen LogP contribution in [-0.4, -0.2) is 24.9 Å². The Morgan fingerprint density at radius 1 is 1.50 bits per heavy atom. The van der Waals surface area contributed by atoms with E-state index in [4.69, 9.17) is 9.84 Å². The van der Waals surface area contributed by atoms with Gasteiger partial charge in [0, 0.05) is 12.5 Å². The molecule has 10 heavy (non-hydrogen) atoms. The number of aliphatic hydroxyl groups excluding tert-OH is 1. The second kappa shape index (κ2) is 3.94. The Morgan fingerprint density at radius 3 is 2.10 bits per heavy atom. The third-order valence-corrected chi connectivity index (χ3v) is 1.93. The van der Waals surface area contributed by atoms with Crippen molar-refractivity contribution in [3.8, 4) is 0 Å². The van der Waals surface area contributed by atoms with Crippen LogP contribution in [-0.2, 0) is 4.74 Å². The lowest BCUT2D eigenvalue weighted by molar-refractivity contribution is -0.0252. The number of aliphatic hydroxyl groups is 1. The molecule has 0 heterocycles. The predicted molar refractivity (Wildman–Crippen MR) is 42.0 cm³/mol. The molecule has 2 heteroatoms. The molecule has 0 amide bonds. The molecule has 0 aromatic carbocycles. The lowest BCUT2D eigenvalue weighted by atomic mass is 9.86. The predicted octanol–water partition coefficient (Wildman–Crippen LogP) is 1.43. The Hall–Kier alpha value is -0.0800. The van der Waals surface area contributed by atoms with Crippen molar-refractivity contribution in [2.45, 2.75) is 33.3 Å². The fourth-order valence-corrected chi connectivity index (χ4v) is 1.14. The largest absolute Gasteiger partial charge is 0.396 e. The number of rotatable bonds is 4. The fraction of sp³-hybridized carbons (Fsp3) is 1.00. The molecule has 0 aliphatic carbocycles. The summed E-state index contributed by atoms with van der Waals surface area (Å²) in [6, 6.07) is 0. The van der Waals surface area contributed by atoms with Crippen molar-refractivity contribution < 1.29 is 9.84 Å². The normalized spacial score (nSPS) is 15.3. The third kappa shape index (κ3) is 2.27. The van der Waals surface area contributed by atoms with E-state index in [1.807, 2.05) is 13.8 Å². The van der Waals surface area contributed by atoms with E-state index < -0.39 is 0 Å². The molecule has 0 saturated carbocycles. The highest BCUT2D eigenvalue weighted by Gasteiger charge is 2.26. The molecular formula is C8H18O2. The lowest BCUT2D eigenvalue weighted by Gasteiger charge is -2.30. The molecule has 0 rings (SSSR count). The average Bonchev–Trinajstić information content (AvgIpc) is 1.90.